The first-order valence-corrected chi connectivity index (χ1v) is 9.20. The van der Waals surface area contributed by atoms with Crippen molar-refractivity contribution in [3.8, 4) is 0 Å². The molecule has 0 aliphatic rings. The zero-order valence-electron chi connectivity index (χ0n) is 8.90. The molecule has 1 aromatic carbocycles. The Balaban J connectivity index is 3.54. The summed E-state index contributed by atoms with van der Waals surface area (Å²) < 4.78 is 0.884. The lowest BCUT2D eigenvalue weighted by atomic mass is 10.2. The molecule has 0 radical (unpaired) electrons. The molecule has 0 aromatic heterocycles. The van der Waals surface area contributed by atoms with E-state index in [4.69, 9.17) is 17.3 Å². The predicted molar refractivity (Wildman–Crippen MR) is 70.6 cm³/mol. The summed E-state index contributed by atoms with van der Waals surface area (Å²) in [5.41, 5.74) is 5.82. The molecule has 82 valence electrons. The monoisotopic (exact) mass is 305 g/mol. The van der Waals surface area contributed by atoms with Gasteiger partial charge in [-0.3, -0.25) is 4.79 Å². The fourth-order valence-corrected chi connectivity index (χ4v) is 4.20. The third-order valence-corrected chi connectivity index (χ3v) is 4.88. The van der Waals surface area contributed by atoms with Crippen molar-refractivity contribution in [3.05, 3.63) is 27.2 Å². The van der Waals surface area contributed by atoms with Crippen molar-refractivity contribution in [2.24, 2.45) is 5.73 Å². The number of carbonyl (C=O) groups excluding carboxylic acids is 1. The van der Waals surface area contributed by atoms with E-state index >= 15 is 0 Å². The first-order chi connectivity index (χ1) is 6.73. The molecule has 0 bridgehead atoms. The third kappa shape index (κ3) is 2.83. The second-order valence-electron chi connectivity index (χ2n) is 4.42. The van der Waals surface area contributed by atoms with Crippen LogP contribution in [0.4, 0.5) is 0 Å². The van der Waals surface area contributed by atoms with E-state index in [0.29, 0.717) is 10.6 Å². The Hall–Kier alpha value is -0.323. The fraction of sp³-hybridized carbons (Fsp3) is 0.300. The smallest absolute Gasteiger partial charge is 0.250 e. The predicted octanol–water partition coefficient (Wildman–Crippen LogP) is 2.75. The van der Waals surface area contributed by atoms with Gasteiger partial charge in [-0.15, -0.1) is 0 Å². The lowest BCUT2D eigenvalue weighted by molar-refractivity contribution is 0.100. The maximum atomic E-state index is 11.3. The van der Waals surface area contributed by atoms with E-state index in [1.165, 1.54) is 0 Å². The largest absolute Gasteiger partial charge is 0.366 e. The number of halogens is 2. The van der Waals surface area contributed by atoms with Crippen LogP contribution in [0.25, 0.3) is 0 Å². The molecule has 0 unspecified atom stereocenters. The molecule has 2 nitrogen and oxygen atoms in total. The summed E-state index contributed by atoms with van der Waals surface area (Å²) in [7, 11) is -1.62. The number of hydrogen-bond acceptors (Lipinski definition) is 1. The van der Waals surface area contributed by atoms with Crippen LogP contribution in [0.1, 0.15) is 10.4 Å². The van der Waals surface area contributed by atoms with Gasteiger partial charge < -0.3 is 5.73 Å². The Kier molecular flexibility index (Phi) is 3.63. The van der Waals surface area contributed by atoms with Crippen molar-refractivity contribution in [3.63, 3.8) is 0 Å². The minimum absolute atomic E-state index is 0.425. The Morgan fingerprint density at radius 1 is 1.40 bits per heavy atom. The zero-order chi connectivity index (χ0) is 11.8. The van der Waals surface area contributed by atoms with Gasteiger partial charge >= 0.3 is 0 Å². The molecule has 2 N–H and O–H groups in total. The summed E-state index contributed by atoms with van der Waals surface area (Å²) in [4.78, 5) is 11.3. The Bertz CT molecular complexity index is 415. The molecule has 0 aliphatic heterocycles. The van der Waals surface area contributed by atoms with Crippen molar-refractivity contribution in [2.75, 3.05) is 0 Å². The van der Waals surface area contributed by atoms with Crippen molar-refractivity contribution < 1.29 is 4.79 Å². The van der Waals surface area contributed by atoms with Crippen LogP contribution in [0.3, 0.4) is 0 Å². The van der Waals surface area contributed by atoms with Gasteiger partial charge in [-0.25, -0.2) is 0 Å². The second kappa shape index (κ2) is 4.27. The van der Waals surface area contributed by atoms with Crippen LogP contribution in [0.2, 0.25) is 24.7 Å². The highest BCUT2D eigenvalue weighted by Crippen LogP contribution is 2.22. The average molecular weight is 307 g/mol. The maximum Gasteiger partial charge on any atom is 0.250 e. The molecule has 0 atom stereocenters. The van der Waals surface area contributed by atoms with E-state index in [9.17, 15) is 4.79 Å². The number of carbonyl (C=O) groups is 1. The summed E-state index contributed by atoms with van der Waals surface area (Å²) in [5.74, 6) is -0.454. The van der Waals surface area contributed by atoms with Crippen LogP contribution in [0, 0.1) is 0 Å². The number of primary amides is 1. The summed E-state index contributed by atoms with van der Waals surface area (Å²) in [6.07, 6.45) is 0. The molecule has 15 heavy (non-hydrogen) atoms. The first-order valence-electron chi connectivity index (χ1n) is 4.53. The molecule has 5 heteroatoms. The van der Waals surface area contributed by atoms with Crippen LogP contribution >= 0.6 is 27.5 Å². The molecule has 0 saturated heterocycles. The molecule has 0 fully saturated rings. The van der Waals surface area contributed by atoms with E-state index in [2.05, 4.69) is 35.6 Å². The van der Waals surface area contributed by atoms with Crippen molar-refractivity contribution in [1.29, 1.82) is 0 Å². The fourth-order valence-electron chi connectivity index (χ4n) is 1.42. The highest BCUT2D eigenvalue weighted by atomic mass is 79.9. The molecule has 0 aliphatic carbocycles. The van der Waals surface area contributed by atoms with E-state index in [-0.39, 0.29) is 0 Å². The summed E-state index contributed by atoms with van der Waals surface area (Å²) in [6, 6.07) is 3.64. The van der Waals surface area contributed by atoms with E-state index in [1.807, 2.05) is 6.07 Å². The number of amides is 1. The first kappa shape index (κ1) is 12.7. The van der Waals surface area contributed by atoms with Gasteiger partial charge in [0.2, 0.25) is 5.91 Å². The highest BCUT2D eigenvalue weighted by Gasteiger charge is 2.25. The van der Waals surface area contributed by atoms with Crippen LogP contribution in [-0.4, -0.2) is 14.0 Å². The highest BCUT2D eigenvalue weighted by molar-refractivity contribution is 9.10. The minimum atomic E-state index is -1.62. The number of benzene rings is 1. The van der Waals surface area contributed by atoms with E-state index in [0.717, 1.165) is 9.66 Å². The topological polar surface area (TPSA) is 43.1 Å². The van der Waals surface area contributed by atoms with Crippen molar-refractivity contribution in [2.45, 2.75) is 19.6 Å². The molecule has 0 saturated carbocycles. The molecule has 0 spiro atoms. The lowest BCUT2D eigenvalue weighted by Crippen LogP contribution is -2.42. The Labute approximate surface area is 104 Å². The molecule has 1 aromatic rings. The summed E-state index contributed by atoms with van der Waals surface area (Å²) in [5, 5.41) is 1.42. The van der Waals surface area contributed by atoms with Crippen LogP contribution in [0.5, 0.6) is 0 Å². The van der Waals surface area contributed by atoms with Crippen LogP contribution in [-0.2, 0) is 0 Å². The normalized spacial score (nSPS) is 11.5. The quantitative estimate of drug-likeness (QED) is 0.839. The zero-order valence-corrected chi connectivity index (χ0v) is 12.2. The Morgan fingerprint density at radius 3 is 2.33 bits per heavy atom. The van der Waals surface area contributed by atoms with Crippen LogP contribution < -0.4 is 10.9 Å². The van der Waals surface area contributed by atoms with Gasteiger partial charge in [0.1, 0.15) is 0 Å². The van der Waals surface area contributed by atoms with E-state index in [1.54, 1.807) is 6.07 Å². The van der Waals surface area contributed by atoms with Gasteiger partial charge in [0.05, 0.1) is 18.7 Å². The number of rotatable bonds is 2. The number of hydrogen-bond donors (Lipinski definition) is 1. The lowest BCUT2D eigenvalue weighted by Gasteiger charge is -2.20. The Morgan fingerprint density at radius 2 is 1.93 bits per heavy atom. The summed E-state index contributed by atoms with van der Waals surface area (Å²) >= 11 is 9.40. The third-order valence-electron chi connectivity index (χ3n) is 2.11. The molecule has 0 heterocycles. The van der Waals surface area contributed by atoms with Gasteiger partial charge in [0.15, 0.2) is 0 Å². The molecular formula is C10H13BrClNOSi. The van der Waals surface area contributed by atoms with Crippen molar-refractivity contribution in [1.82, 2.24) is 0 Å². The van der Waals surface area contributed by atoms with Gasteiger partial charge in [-0.2, -0.15) is 0 Å². The average Bonchev–Trinajstić information content (AvgIpc) is 1.99. The maximum absolute atomic E-state index is 11.3. The van der Waals surface area contributed by atoms with Gasteiger partial charge in [-0.05, 0) is 17.3 Å². The second-order valence-corrected chi connectivity index (χ2v) is 10.8. The SMILES string of the molecule is C[Si](C)(C)c1cc(Br)cc(Cl)c1C(N)=O. The van der Waals surface area contributed by atoms with E-state index < -0.39 is 14.0 Å². The van der Waals surface area contributed by atoms with Gasteiger partial charge in [0.25, 0.3) is 0 Å². The standard InChI is InChI=1S/C10H13BrClNOSi/c1-15(2,3)8-5-6(11)4-7(12)9(8)10(13)14/h4-5H,1-3H3,(H2,13,14). The molecule has 1 rings (SSSR count). The minimum Gasteiger partial charge on any atom is -0.366 e. The van der Waals surface area contributed by atoms with Gasteiger partial charge in [0, 0.05) is 4.47 Å². The number of nitrogens with two attached hydrogens (primary N) is 1. The molecule has 1 amide bonds. The molecular weight excluding hydrogens is 294 g/mol. The summed E-state index contributed by atoms with van der Waals surface area (Å²) in [6.45, 7) is 6.45. The van der Waals surface area contributed by atoms with Crippen LogP contribution in [0.15, 0.2) is 16.6 Å². The van der Waals surface area contributed by atoms with Crippen molar-refractivity contribution >= 4 is 46.7 Å². The van der Waals surface area contributed by atoms with Gasteiger partial charge in [-0.1, -0.05) is 47.2 Å².